The van der Waals surface area contributed by atoms with Gasteiger partial charge in [-0.1, -0.05) is 12.1 Å². The molecule has 0 spiro atoms. The van der Waals surface area contributed by atoms with Crippen LogP contribution in [-0.2, 0) is 22.6 Å². The molecule has 1 aliphatic heterocycles. The molecule has 3 heterocycles. The third-order valence-electron chi connectivity index (χ3n) is 6.36. The van der Waals surface area contributed by atoms with Gasteiger partial charge in [0.2, 0.25) is 11.8 Å². The van der Waals surface area contributed by atoms with Crippen LogP contribution in [0.25, 0.3) is 5.65 Å². The zero-order chi connectivity index (χ0) is 24.4. The Balaban J connectivity index is 1.41. The molecule has 4 rings (SSSR count). The quantitative estimate of drug-likeness (QED) is 0.461. The highest BCUT2D eigenvalue weighted by Crippen LogP contribution is 2.22. The molecule has 3 aromatic rings. The first-order chi connectivity index (χ1) is 16.2. The van der Waals surface area contributed by atoms with E-state index in [-0.39, 0.29) is 29.8 Å². The number of nitrogens with two attached hydrogens (primary N) is 2. The first-order valence-corrected chi connectivity index (χ1v) is 11.3. The SMILES string of the molecule is Cc1nc2c(C(N)=O)cnn2c(C)c1CCC(=O)Nc1cccc(CN2CCCC2C(N)=O)c1. The fourth-order valence-corrected chi connectivity index (χ4v) is 4.63. The van der Waals surface area contributed by atoms with Gasteiger partial charge in [0.25, 0.3) is 5.91 Å². The lowest BCUT2D eigenvalue weighted by Crippen LogP contribution is -2.39. The summed E-state index contributed by atoms with van der Waals surface area (Å²) in [5.41, 5.74) is 15.8. The lowest BCUT2D eigenvalue weighted by atomic mass is 10.1. The molecular formula is C24H29N7O3. The molecule has 0 radical (unpaired) electrons. The monoisotopic (exact) mass is 463 g/mol. The van der Waals surface area contributed by atoms with Gasteiger partial charge in [-0.2, -0.15) is 5.10 Å². The minimum absolute atomic E-state index is 0.120. The van der Waals surface area contributed by atoms with E-state index in [1.54, 1.807) is 4.52 Å². The van der Waals surface area contributed by atoms with Gasteiger partial charge in [0, 0.05) is 30.0 Å². The minimum Gasteiger partial charge on any atom is -0.368 e. The number of likely N-dealkylation sites (tertiary alicyclic amines) is 1. The van der Waals surface area contributed by atoms with Gasteiger partial charge in [0.05, 0.1) is 12.2 Å². The van der Waals surface area contributed by atoms with Crippen LogP contribution in [0, 0.1) is 13.8 Å². The number of primary amides is 2. The maximum atomic E-state index is 12.7. The molecule has 1 aromatic carbocycles. The summed E-state index contributed by atoms with van der Waals surface area (Å²) in [6, 6.07) is 7.40. The molecule has 2 aromatic heterocycles. The maximum Gasteiger partial charge on any atom is 0.254 e. The normalized spacial score (nSPS) is 16.1. The molecule has 1 aliphatic rings. The molecule has 1 atom stereocenters. The van der Waals surface area contributed by atoms with Crippen LogP contribution in [0.4, 0.5) is 5.69 Å². The van der Waals surface area contributed by atoms with E-state index >= 15 is 0 Å². The lowest BCUT2D eigenvalue weighted by Gasteiger charge is -2.22. The molecule has 1 fully saturated rings. The van der Waals surface area contributed by atoms with E-state index in [0.29, 0.717) is 24.3 Å². The van der Waals surface area contributed by atoms with Gasteiger partial charge in [-0.05, 0) is 62.9 Å². The maximum absolute atomic E-state index is 12.7. The van der Waals surface area contributed by atoms with Gasteiger partial charge in [-0.15, -0.1) is 0 Å². The smallest absolute Gasteiger partial charge is 0.254 e. The number of carbonyl (C=O) groups excluding carboxylic acids is 3. The molecule has 10 nitrogen and oxygen atoms in total. The minimum atomic E-state index is -0.578. The molecule has 1 unspecified atom stereocenters. The second kappa shape index (κ2) is 9.60. The number of nitrogens with zero attached hydrogens (tertiary/aromatic N) is 4. The van der Waals surface area contributed by atoms with Crippen LogP contribution in [0.5, 0.6) is 0 Å². The van der Waals surface area contributed by atoms with Crippen LogP contribution in [-0.4, -0.2) is 49.8 Å². The van der Waals surface area contributed by atoms with Crippen LogP contribution in [0.2, 0.25) is 0 Å². The molecular weight excluding hydrogens is 434 g/mol. The van der Waals surface area contributed by atoms with E-state index in [1.165, 1.54) is 6.20 Å². The van der Waals surface area contributed by atoms with Crippen molar-refractivity contribution in [3.8, 4) is 0 Å². The van der Waals surface area contributed by atoms with E-state index < -0.39 is 5.91 Å². The van der Waals surface area contributed by atoms with Crippen LogP contribution in [0.15, 0.2) is 30.5 Å². The van der Waals surface area contributed by atoms with Crippen molar-refractivity contribution in [2.45, 2.75) is 52.1 Å². The number of aromatic nitrogens is 3. The molecule has 0 bridgehead atoms. The standard InChI is InChI=1S/C24H29N7O3/c1-14-18(15(2)31-24(28-14)19(12-27-31)22(25)33)8-9-21(32)29-17-6-3-5-16(11-17)13-30-10-4-7-20(30)23(26)34/h3,5-6,11-12,20H,4,7-10,13H2,1-2H3,(H2,25,33)(H2,26,34)(H,29,32). The Morgan fingerprint density at radius 2 is 2.00 bits per heavy atom. The van der Waals surface area contributed by atoms with Gasteiger partial charge in [-0.25, -0.2) is 9.50 Å². The average molecular weight is 464 g/mol. The predicted octanol–water partition coefficient (Wildman–Crippen LogP) is 1.47. The summed E-state index contributed by atoms with van der Waals surface area (Å²) in [6.07, 6.45) is 3.89. The number of amides is 3. The lowest BCUT2D eigenvalue weighted by molar-refractivity contribution is -0.122. The second-order valence-corrected chi connectivity index (χ2v) is 8.70. The van der Waals surface area contributed by atoms with Gasteiger partial charge in [0.1, 0.15) is 5.56 Å². The van der Waals surface area contributed by atoms with Crippen LogP contribution >= 0.6 is 0 Å². The third-order valence-corrected chi connectivity index (χ3v) is 6.36. The number of rotatable bonds is 8. The fourth-order valence-electron chi connectivity index (χ4n) is 4.63. The summed E-state index contributed by atoms with van der Waals surface area (Å²) in [5.74, 6) is -0.989. The van der Waals surface area contributed by atoms with Crippen molar-refractivity contribution in [2.24, 2.45) is 11.5 Å². The number of aryl methyl sites for hydroxylation is 2. The summed E-state index contributed by atoms with van der Waals surface area (Å²) in [5, 5.41) is 7.18. The third kappa shape index (κ3) is 4.76. The predicted molar refractivity (Wildman–Crippen MR) is 127 cm³/mol. The number of hydrogen-bond donors (Lipinski definition) is 3. The van der Waals surface area contributed by atoms with E-state index in [2.05, 4.69) is 20.3 Å². The zero-order valence-electron chi connectivity index (χ0n) is 19.4. The number of nitrogens with one attached hydrogen (secondary N) is 1. The molecule has 178 valence electrons. The summed E-state index contributed by atoms with van der Waals surface area (Å²) in [4.78, 5) is 42.5. The number of carbonyl (C=O) groups is 3. The second-order valence-electron chi connectivity index (χ2n) is 8.70. The Kier molecular flexibility index (Phi) is 6.60. The Labute approximate surface area is 197 Å². The summed E-state index contributed by atoms with van der Waals surface area (Å²) in [6.45, 7) is 5.17. The fraction of sp³-hybridized carbons (Fsp3) is 0.375. The van der Waals surface area contributed by atoms with Crippen molar-refractivity contribution in [2.75, 3.05) is 11.9 Å². The van der Waals surface area contributed by atoms with Crippen molar-refractivity contribution in [3.05, 3.63) is 58.5 Å². The Morgan fingerprint density at radius 3 is 2.74 bits per heavy atom. The summed E-state index contributed by atoms with van der Waals surface area (Å²) < 4.78 is 1.58. The van der Waals surface area contributed by atoms with E-state index in [1.807, 2.05) is 38.1 Å². The van der Waals surface area contributed by atoms with Crippen molar-refractivity contribution in [1.29, 1.82) is 0 Å². The Bertz CT molecular complexity index is 1270. The van der Waals surface area contributed by atoms with Crippen LogP contribution < -0.4 is 16.8 Å². The zero-order valence-corrected chi connectivity index (χ0v) is 19.4. The van der Waals surface area contributed by atoms with E-state index in [0.717, 1.165) is 41.9 Å². The van der Waals surface area contributed by atoms with Crippen LogP contribution in [0.1, 0.15) is 52.1 Å². The average Bonchev–Trinajstić information content (AvgIpc) is 3.41. The number of fused-ring (bicyclic) bond motifs is 1. The summed E-state index contributed by atoms with van der Waals surface area (Å²) >= 11 is 0. The van der Waals surface area contributed by atoms with Gasteiger partial charge in [-0.3, -0.25) is 19.3 Å². The molecule has 10 heteroatoms. The Hall–Kier alpha value is -3.79. The van der Waals surface area contributed by atoms with Crippen molar-refractivity contribution in [1.82, 2.24) is 19.5 Å². The number of anilines is 1. The topological polar surface area (TPSA) is 149 Å². The highest BCUT2D eigenvalue weighted by atomic mass is 16.2. The molecule has 0 aliphatic carbocycles. The Morgan fingerprint density at radius 1 is 1.21 bits per heavy atom. The molecule has 3 amide bonds. The summed E-state index contributed by atoms with van der Waals surface area (Å²) in [7, 11) is 0. The first kappa shape index (κ1) is 23.4. The number of hydrogen-bond acceptors (Lipinski definition) is 6. The highest BCUT2D eigenvalue weighted by molar-refractivity contribution is 5.98. The van der Waals surface area contributed by atoms with E-state index in [9.17, 15) is 14.4 Å². The van der Waals surface area contributed by atoms with Gasteiger partial charge in [0.15, 0.2) is 5.65 Å². The molecule has 34 heavy (non-hydrogen) atoms. The van der Waals surface area contributed by atoms with Gasteiger partial charge < -0.3 is 16.8 Å². The molecule has 0 saturated carbocycles. The van der Waals surface area contributed by atoms with E-state index in [4.69, 9.17) is 11.5 Å². The van der Waals surface area contributed by atoms with Crippen molar-refractivity contribution < 1.29 is 14.4 Å². The molecule has 5 N–H and O–H groups in total. The van der Waals surface area contributed by atoms with Gasteiger partial charge >= 0.3 is 0 Å². The van der Waals surface area contributed by atoms with Crippen molar-refractivity contribution in [3.63, 3.8) is 0 Å². The highest BCUT2D eigenvalue weighted by Gasteiger charge is 2.28. The van der Waals surface area contributed by atoms with Crippen molar-refractivity contribution >= 4 is 29.1 Å². The first-order valence-electron chi connectivity index (χ1n) is 11.3. The number of benzene rings is 1. The molecule has 1 saturated heterocycles. The van der Waals surface area contributed by atoms with Crippen LogP contribution in [0.3, 0.4) is 0 Å². The largest absolute Gasteiger partial charge is 0.368 e.